The number of para-hydroxylation sites is 1. The Balaban J connectivity index is 1.64. The molecule has 1 aliphatic carbocycles. The fourth-order valence-corrected chi connectivity index (χ4v) is 3.91. The van der Waals surface area contributed by atoms with Gasteiger partial charge >= 0.3 is 5.97 Å². The van der Waals surface area contributed by atoms with Crippen molar-refractivity contribution in [2.24, 2.45) is 0 Å². The third kappa shape index (κ3) is 4.58. The molecule has 0 heterocycles. The average molecular weight is 399 g/mol. The molecule has 1 amide bonds. The number of methoxy groups -OCH3 is 1. The number of carbonyl (C=O) groups is 2. The molecule has 0 atom stereocenters. The molecule has 2 aromatic rings. The summed E-state index contributed by atoms with van der Waals surface area (Å²) in [4.78, 5) is 26.9. The highest BCUT2D eigenvalue weighted by Crippen LogP contribution is 2.42. The Hall–Kier alpha value is -2.89. The van der Waals surface area contributed by atoms with E-state index in [0.717, 1.165) is 24.0 Å². The maximum Gasteiger partial charge on any atom is 0.317 e. The van der Waals surface area contributed by atoms with Crippen LogP contribution in [0.5, 0.6) is 5.75 Å². The van der Waals surface area contributed by atoms with E-state index in [4.69, 9.17) is 9.47 Å². The van der Waals surface area contributed by atoms with Gasteiger partial charge in [0.1, 0.15) is 11.6 Å². The Morgan fingerprint density at radius 3 is 2.38 bits per heavy atom. The van der Waals surface area contributed by atoms with Crippen molar-refractivity contribution in [3.05, 3.63) is 65.5 Å². The molecule has 0 bridgehead atoms. The van der Waals surface area contributed by atoms with Gasteiger partial charge in [0, 0.05) is 19.2 Å². The Morgan fingerprint density at radius 2 is 1.72 bits per heavy atom. The van der Waals surface area contributed by atoms with Crippen molar-refractivity contribution in [3.63, 3.8) is 0 Å². The zero-order valence-corrected chi connectivity index (χ0v) is 16.8. The summed E-state index contributed by atoms with van der Waals surface area (Å²) in [7, 11) is 3.24. The summed E-state index contributed by atoms with van der Waals surface area (Å²) in [6, 6.07) is 13.4. The summed E-state index contributed by atoms with van der Waals surface area (Å²) in [6.45, 7) is 0.0247. The Labute approximate surface area is 170 Å². The highest BCUT2D eigenvalue weighted by atomic mass is 19.1. The molecule has 0 aliphatic heterocycles. The van der Waals surface area contributed by atoms with Crippen LogP contribution in [0.25, 0.3) is 0 Å². The fraction of sp³-hybridized carbons (Fsp3) is 0.391. The Bertz CT molecular complexity index is 859. The van der Waals surface area contributed by atoms with Crippen LogP contribution in [-0.2, 0) is 26.3 Å². The van der Waals surface area contributed by atoms with Gasteiger partial charge in [-0.1, -0.05) is 43.2 Å². The van der Waals surface area contributed by atoms with Gasteiger partial charge in [-0.3, -0.25) is 9.59 Å². The number of amides is 1. The summed E-state index contributed by atoms with van der Waals surface area (Å²) in [6.07, 6.45) is 3.08. The number of rotatable bonds is 7. The molecule has 29 heavy (non-hydrogen) atoms. The smallest absolute Gasteiger partial charge is 0.317 e. The van der Waals surface area contributed by atoms with Gasteiger partial charge in [0.05, 0.1) is 12.5 Å². The minimum absolute atomic E-state index is 0.295. The van der Waals surface area contributed by atoms with E-state index in [1.165, 1.54) is 17.0 Å². The van der Waals surface area contributed by atoms with Gasteiger partial charge in [-0.2, -0.15) is 0 Å². The van der Waals surface area contributed by atoms with Crippen molar-refractivity contribution in [3.8, 4) is 5.75 Å². The first-order valence-electron chi connectivity index (χ1n) is 9.75. The predicted molar refractivity (Wildman–Crippen MR) is 107 cm³/mol. The average Bonchev–Trinajstić information content (AvgIpc) is 3.23. The van der Waals surface area contributed by atoms with E-state index < -0.39 is 11.4 Å². The van der Waals surface area contributed by atoms with Crippen molar-refractivity contribution in [2.75, 3.05) is 20.8 Å². The quantitative estimate of drug-likeness (QED) is 0.664. The lowest BCUT2D eigenvalue weighted by atomic mass is 9.79. The van der Waals surface area contributed by atoms with Gasteiger partial charge in [-0.15, -0.1) is 0 Å². The lowest BCUT2D eigenvalue weighted by molar-refractivity contribution is -0.156. The van der Waals surface area contributed by atoms with E-state index in [9.17, 15) is 14.0 Å². The summed E-state index contributed by atoms with van der Waals surface area (Å²) < 4.78 is 24.0. The number of esters is 1. The van der Waals surface area contributed by atoms with Crippen LogP contribution in [0.3, 0.4) is 0 Å². The Morgan fingerprint density at radius 1 is 1.07 bits per heavy atom. The predicted octanol–water partition coefficient (Wildman–Crippen LogP) is 3.85. The SMILES string of the molecule is COc1ccccc1CN(C)C(=O)COC(=O)C1(c2ccc(F)cc2)CCCC1. The van der Waals surface area contributed by atoms with Crippen LogP contribution in [0.15, 0.2) is 48.5 Å². The Kier molecular flexibility index (Phi) is 6.52. The standard InChI is InChI=1S/C23H26FNO4/c1-25(15-17-7-3-4-8-20(17)28-2)21(26)16-29-22(27)23(13-5-6-14-23)18-9-11-19(24)12-10-18/h3-4,7-12H,5-6,13-16H2,1-2H3. The molecular formula is C23H26FNO4. The molecule has 1 saturated carbocycles. The summed E-state index contributed by atoms with van der Waals surface area (Å²) >= 11 is 0. The number of carbonyl (C=O) groups excluding carboxylic acids is 2. The second-order valence-electron chi connectivity index (χ2n) is 7.43. The van der Waals surface area contributed by atoms with Crippen LogP contribution in [0, 0.1) is 5.82 Å². The van der Waals surface area contributed by atoms with E-state index in [1.807, 2.05) is 24.3 Å². The van der Waals surface area contributed by atoms with Crippen LogP contribution in [-0.4, -0.2) is 37.5 Å². The van der Waals surface area contributed by atoms with Crippen molar-refractivity contribution < 1.29 is 23.5 Å². The minimum Gasteiger partial charge on any atom is -0.496 e. The van der Waals surface area contributed by atoms with Crippen molar-refractivity contribution in [1.29, 1.82) is 0 Å². The molecule has 6 heteroatoms. The number of nitrogens with zero attached hydrogens (tertiary/aromatic N) is 1. The van der Waals surface area contributed by atoms with E-state index in [1.54, 1.807) is 26.3 Å². The molecule has 154 valence electrons. The molecule has 1 aliphatic rings. The molecule has 3 rings (SSSR count). The van der Waals surface area contributed by atoms with Crippen LogP contribution >= 0.6 is 0 Å². The highest BCUT2D eigenvalue weighted by Gasteiger charge is 2.44. The van der Waals surface area contributed by atoms with Gasteiger partial charge in [-0.25, -0.2) is 4.39 Å². The summed E-state index contributed by atoms with van der Waals surface area (Å²) in [5.41, 5.74) is 0.821. The summed E-state index contributed by atoms with van der Waals surface area (Å²) in [5, 5.41) is 0. The lowest BCUT2D eigenvalue weighted by Gasteiger charge is -2.27. The van der Waals surface area contributed by atoms with Gasteiger partial charge in [-0.05, 0) is 36.6 Å². The van der Waals surface area contributed by atoms with Crippen LogP contribution in [0.2, 0.25) is 0 Å². The van der Waals surface area contributed by atoms with E-state index in [0.29, 0.717) is 25.1 Å². The monoisotopic (exact) mass is 399 g/mol. The number of hydrogen-bond donors (Lipinski definition) is 0. The van der Waals surface area contributed by atoms with E-state index in [-0.39, 0.29) is 18.3 Å². The van der Waals surface area contributed by atoms with Gasteiger partial charge in [0.15, 0.2) is 6.61 Å². The number of halogens is 1. The van der Waals surface area contributed by atoms with Gasteiger partial charge < -0.3 is 14.4 Å². The molecule has 0 unspecified atom stereocenters. The molecule has 0 radical (unpaired) electrons. The number of ether oxygens (including phenoxy) is 2. The molecular weight excluding hydrogens is 373 g/mol. The van der Waals surface area contributed by atoms with Crippen LogP contribution in [0.1, 0.15) is 36.8 Å². The molecule has 1 fully saturated rings. The first kappa shape index (κ1) is 20.8. The molecule has 5 nitrogen and oxygen atoms in total. The maximum atomic E-state index is 13.3. The number of likely N-dealkylation sites (N-methyl/N-ethyl adjacent to an activating group) is 1. The number of hydrogen-bond acceptors (Lipinski definition) is 4. The molecule has 2 aromatic carbocycles. The molecule has 0 N–H and O–H groups in total. The zero-order valence-electron chi connectivity index (χ0n) is 16.8. The molecule has 0 aromatic heterocycles. The fourth-order valence-electron chi connectivity index (χ4n) is 3.91. The topological polar surface area (TPSA) is 55.8 Å². The second-order valence-corrected chi connectivity index (χ2v) is 7.43. The minimum atomic E-state index is -0.796. The first-order chi connectivity index (χ1) is 14.0. The summed E-state index contributed by atoms with van der Waals surface area (Å²) in [5.74, 6) is -0.356. The van der Waals surface area contributed by atoms with E-state index in [2.05, 4.69) is 0 Å². The highest BCUT2D eigenvalue weighted by molar-refractivity contribution is 5.86. The molecule has 0 spiro atoms. The largest absolute Gasteiger partial charge is 0.496 e. The van der Waals surface area contributed by atoms with Crippen molar-refractivity contribution in [2.45, 2.75) is 37.6 Å². The zero-order chi connectivity index (χ0) is 20.9. The van der Waals surface area contributed by atoms with Crippen molar-refractivity contribution >= 4 is 11.9 Å². The van der Waals surface area contributed by atoms with Gasteiger partial charge in [0.2, 0.25) is 0 Å². The maximum absolute atomic E-state index is 13.3. The van der Waals surface area contributed by atoms with Crippen LogP contribution in [0.4, 0.5) is 4.39 Å². The van der Waals surface area contributed by atoms with Crippen LogP contribution < -0.4 is 4.74 Å². The molecule has 0 saturated heterocycles. The van der Waals surface area contributed by atoms with E-state index >= 15 is 0 Å². The normalized spacial score (nSPS) is 15.0. The second kappa shape index (κ2) is 9.07. The first-order valence-corrected chi connectivity index (χ1v) is 9.75. The third-order valence-corrected chi connectivity index (χ3v) is 5.60. The third-order valence-electron chi connectivity index (χ3n) is 5.60. The van der Waals surface area contributed by atoms with Crippen molar-refractivity contribution in [1.82, 2.24) is 4.90 Å². The van der Waals surface area contributed by atoms with Gasteiger partial charge in [0.25, 0.3) is 5.91 Å². The number of benzene rings is 2. The lowest BCUT2D eigenvalue weighted by Crippen LogP contribution is -2.38.